The molecule has 0 saturated carbocycles. The van der Waals surface area contributed by atoms with Crippen molar-refractivity contribution in [3.05, 3.63) is 28.2 Å². The molecule has 15 heavy (non-hydrogen) atoms. The lowest BCUT2D eigenvalue weighted by Gasteiger charge is -2.10. The van der Waals surface area contributed by atoms with E-state index in [0.29, 0.717) is 5.75 Å². The highest BCUT2D eigenvalue weighted by Gasteiger charge is 2.12. The van der Waals surface area contributed by atoms with Crippen LogP contribution in [-0.2, 0) is 4.79 Å². The lowest BCUT2D eigenvalue weighted by atomic mass is 10.2. The number of hydrogen-bond donors (Lipinski definition) is 2. The van der Waals surface area contributed by atoms with Crippen molar-refractivity contribution >= 4 is 21.9 Å². The van der Waals surface area contributed by atoms with Crippen LogP contribution in [0.25, 0.3) is 0 Å². The molecule has 0 fully saturated rings. The van der Waals surface area contributed by atoms with Crippen LogP contribution in [0.5, 0.6) is 5.75 Å². The van der Waals surface area contributed by atoms with Crippen LogP contribution >= 0.6 is 15.9 Å². The van der Waals surface area contributed by atoms with E-state index in [1.807, 2.05) is 19.1 Å². The average Bonchev–Trinajstić information content (AvgIpc) is 2.15. The fourth-order valence-electron chi connectivity index (χ4n) is 0.974. The van der Waals surface area contributed by atoms with Gasteiger partial charge in [0.2, 0.25) is 0 Å². The van der Waals surface area contributed by atoms with Crippen molar-refractivity contribution in [3.8, 4) is 5.75 Å². The molecule has 1 atom stereocenters. The molecule has 82 valence electrons. The minimum atomic E-state index is -1.07. The van der Waals surface area contributed by atoms with Gasteiger partial charge in [0.15, 0.2) is 0 Å². The molecule has 0 aliphatic heterocycles. The van der Waals surface area contributed by atoms with Crippen molar-refractivity contribution in [1.82, 2.24) is 0 Å². The largest absolute Gasteiger partial charge is 0.490 e. The Morgan fingerprint density at radius 1 is 1.67 bits per heavy atom. The SMILES string of the molecule is Cc1ccc(OC[C@H](N)C(=O)O)c(Br)c1. The molecule has 1 aromatic rings. The summed E-state index contributed by atoms with van der Waals surface area (Å²) in [5.41, 5.74) is 6.40. The van der Waals surface area contributed by atoms with E-state index >= 15 is 0 Å². The maximum atomic E-state index is 10.4. The van der Waals surface area contributed by atoms with Gasteiger partial charge in [-0.1, -0.05) is 6.07 Å². The Hall–Kier alpha value is -1.07. The Morgan fingerprint density at radius 3 is 2.87 bits per heavy atom. The summed E-state index contributed by atoms with van der Waals surface area (Å²) < 4.78 is 6.05. The molecule has 0 aliphatic carbocycles. The second-order valence-electron chi connectivity index (χ2n) is 3.19. The number of benzene rings is 1. The van der Waals surface area contributed by atoms with Crippen molar-refractivity contribution in [2.24, 2.45) is 5.73 Å². The van der Waals surface area contributed by atoms with E-state index in [-0.39, 0.29) is 6.61 Å². The van der Waals surface area contributed by atoms with Crippen molar-refractivity contribution in [2.75, 3.05) is 6.61 Å². The van der Waals surface area contributed by atoms with E-state index in [9.17, 15) is 4.79 Å². The van der Waals surface area contributed by atoms with E-state index in [1.54, 1.807) is 6.07 Å². The maximum absolute atomic E-state index is 10.4. The zero-order valence-corrected chi connectivity index (χ0v) is 9.82. The second-order valence-corrected chi connectivity index (χ2v) is 4.04. The number of rotatable bonds is 4. The average molecular weight is 274 g/mol. The van der Waals surface area contributed by atoms with Crippen LogP contribution in [-0.4, -0.2) is 23.7 Å². The van der Waals surface area contributed by atoms with Crippen LogP contribution in [0, 0.1) is 6.92 Å². The number of carboxylic acid groups (broad SMARTS) is 1. The number of aryl methyl sites for hydroxylation is 1. The maximum Gasteiger partial charge on any atom is 0.324 e. The first kappa shape index (κ1) is 12.0. The Labute approximate surface area is 96.2 Å². The summed E-state index contributed by atoms with van der Waals surface area (Å²) >= 11 is 3.32. The number of carbonyl (C=O) groups is 1. The number of ether oxygens (including phenoxy) is 1. The summed E-state index contributed by atoms with van der Waals surface area (Å²) in [7, 11) is 0. The van der Waals surface area contributed by atoms with Crippen LogP contribution in [0.1, 0.15) is 5.56 Å². The van der Waals surface area contributed by atoms with Crippen molar-refractivity contribution in [2.45, 2.75) is 13.0 Å². The molecule has 0 bridgehead atoms. The summed E-state index contributed by atoms with van der Waals surface area (Å²) in [4.78, 5) is 10.4. The highest BCUT2D eigenvalue weighted by Crippen LogP contribution is 2.25. The molecule has 4 nitrogen and oxygen atoms in total. The molecule has 0 radical (unpaired) electrons. The van der Waals surface area contributed by atoms with Crippen LogP contribution in [0.2, 0.25) is 0 Å². The molecule has 0 unspecified atom stereocenters. The molecule has 0 amide bonds. The highest BCUT2D eigenvalue weighted by atomic mass is 79.9. The van der Waals surface area contributed by atoms with E-state index < -0.39 is 12.0 Å². The number of aliphatic carboxylic acids is 1. The van der Waals surface area contributed by atoms with E-state index in [2.05, 4.69) is 15.9 Å². The third-order valence-corrected chi connectivity index (χ3v) is 2.44. The van der Waals surface area contributed by atoms with Crippen LogP contribution in [0.15, 0.2) is 22.7 Å². The van der Waals surface area contributed by atoms with Crippen LogP contribution in [0.4, 0.5) is 0 Å². The van der Waals surface area contributed by atoms with Gasteiger partial charge in [0.1, 0.15) is 18.4 Å². The quantitative estimate of drug-likeness (QED) is 0.873. The molecule has 0 aliphatic rings. The van der Waals surface area contributed by atoms with Gasteiger partial charge in [0.05, 0.1) is 4.47 Å². The summed E-state index contributed by atoms with van der Waals surface area (Å²) in [5.74, 6) is -0.476. The molecule has 0 saturated heterocycles. The summed E-state index contributed by atoms with van der Waals surface area (Å²) in [6.07, 6.45) is 0. The minimum absolute atomic E-state index is 0.0446. The van der Waals surface area contributed by atoms with Gasteiger partial charge in [-0.05, 0) is 40.5 Å². The first-order chi connectivity index (χ1) is 7.00. The molecule has 3 N–H and O–H groups in total. The molecule has 0 spiro atoms. The topological polar surface area (TPSA) is 72.5 Å². The van der Waals surface area contributed by atoms with Gasteiger partial charge in [0.25, 0.3) is 0 Å². The first-order valence-corrected chi connectivity index (χ1v) is 5.17. The molecular weight excluding hydrogens is 262 g/mol. The zero-order valence-electron chi connectivity index (χ0n) is 8.24. The minimum Gasteiger partial charge on any atom is -0.490 e. The smallest absolute Gasteiger partial charge is 0.324 e. The predicted octanol–water partition coefficient (Wildman–Crippen LogP) is 1.55. The summed E-state index contributed by atoms with van der Waals surface area (Å²) in [6, 6.07) is 4.54. The molecule has 0 aromatic heterocycles. The van der Waals surface area contributed by atoms with Gasteiger partial charge in [-0.2, -0.15) is 0 Å². The van der Waals surface area contributed by atoms with E-state index in [1.165, 1.54) is 0 Å². The fourth-order valence-corrected chi connectivity index (χ4v) is 1.58. The van der Waals surface area contributed by atoms with Gasteiger partial charge >= 0.3 is 5.97 Å². The van der Waals surface area contributed by atoms with Crippen LogP contribution in [0.3, 0.4) is 0 Å². The molecule has 5 heteroatoms. The van der Waals surface area contributed by atoms with Gasteiger partial charge in [-0.3, -0.25) is 4.79 Å². The first-order valence-electron chi connectivity index (χ1n) is 4.38. The Kier molecular flexibility index (Phi) is 4.11. The number of hydrogen-bond acceptors (Lipinski definition) is 3. The van der Waals surface area contributed by atoms with E-state index in [0.717, 1.165) is 10.0 Å². The number of carboxylic acids is 1. The Balaban J connectivity index is 2.62. The van der Waals surface area contributed by atoms with Crippen LogP contribution < -0.4 is 10.5 Å². The van der Waals surface area contributed by atoms with Gasteiger partial charge < -0.3 is 15.6 Å². The lowest BCUT2D eigenvalue weighted by Crippen LogP contribution is -2.36. The lowest BCUT2D eigenvalue weighted by molar-refractivity contribution is -0.139. The predicted molar refractivity (Wildman–Crippen MR) is 60.0 cm³/mol. The third-order valence-electron chi connectivity index (χ3n) is 1.82. The molecule has 1 aromatic carbocycles. The monoisotopic (exact) mass is 273 g/mol. The molecule has 1 rings (SSSR count). The van der Waals surface area contributed by atoms with Gasteiger partial charge in [-0.25, -0.2) is 0 Å². The molecular formula is C10H12BrNO3. The highest BCUT2D eigenvalue weighted by molar-refractivity contribution is 9.10. The van der Waals surface area contributed by atoms with E-state index in [4.69, 9.17) is 15.6 Å². The Bertz CT molecular complexity index is 368. The summed E-state index contributed by atoms with van der Waals surface area (Å²) in [5, 5.41) is 8.56. The molecule has 0 heterocycles. The van der Waals surface area contributed by atoms with Crippen molar-refractivity contribution < 1.29 is 14.6 Å². The normalized spacial score (nSPS) is 12.2. The Morgan fingerprint density at radius 2 is 2.33 bits per heavy atom. The summed E-state index contributed by atoms with van der Waals surface area (Å²) in [6.45, 7) is 1.91. The number of halogens is 1. The van der Waals surface area contributed by atoms with Gasteiger partial charge in [0, 0.05) is 0 Å². The third kappa shape index (κ3) is 3.53. The standard InChI is InChI=1S/C10H12BrNO3/c1-6-2-3-9(7(11)4-6)15-5-8(12)10(13)14/h2-4,8H,5,12H2,1H3,(H,13,14)/t8-/m0/s1. The second kappa shape index (κ2) is 5.14. The van der Waals surface area contributed by atoms with Gasteiger partial charge in [-0.15, -0.1) is 0 Å². The van der Waals surface area contributed by atoms with Crippen molar-refractivity contribution in [1.29, 1.82) is 0 Å². The van der Waals surface area contributed by atoms with Crippen molar-refractivity contribution in [3.63, 3.8) is 0 Å². The fraction of sp³-hybridized carbons (Fsp3) is 0.300. The zero-order chi connectivity index (χ0) is 11.4. The number of nitrogens with two attached hydrogens (primary N) is 1.